The number of hydrogen-bond donors (Lipinski definition) is 1. The molecule has 2 aromatic rings. The van der Waals surface area contributed by atoms with E-state index in [1.165, 1.54) is 0 Å². The summed E-state index contributed by atoms with van der Waals surface area (Å²) >= 11 is 0. The van der Waals surface area contributed by atoms with Gasteiger partial charge in [0.2, 0.25) is 0 Å². The number of aryl methyl sites for hydroxylation is 1. The molecule has 0 radical (unpaired) electrons. The molecule has 1 amide bonds. The Morgan fingerprint density at radius 3 is 3.14 bits per heavy atom. The number of nitrogens with zero attached hydrogens (tertiary/aromatic N) is 3. The first-order valence-corrected chi connectivity index (χ1v) is 7.00. The molecule has 0 saturated heterocycles. The number of rotatable bonds is 1. The molecular weight excluding hydrogens is 269 g/mol. The van der Waals surface area contributed by atoms with E-state index in [9.17, 15) is 9.82 Å². The third-order valence-corrected chi connectivity index (χ3v) is 4.02. The summed E-state index contributed by atoms with van der Waals surface area (Å²) in [5, 5.41) is 13.9. The van der Waals surface area contributed by atoms with Crippen LogP contribution in [0.5, 0.6) is 0 Å². The minimum Gasteiger partial charge on any atom is -0.423 e. The van der Waals surface area contributed by atoms with E-state index in [2.05, 4.69) is 5.10 Å². The zero-order valence-electron chi connectivity index (χ0n) is 11.4. The van der Waals surface area contributed by atoms with Gasteiger partial charge < -0.3 is 9.68 Å². The second kappa shape index (κ2) is 4.72. The third-order valence-electron chi connectivity index (χ3n) is 4.02. The van der Waals surface area contributed by atoms with E-state index >= 15 is 0 Å². The van der Waals surface area contributed by atoms with Crippen molar-refractivity contribution in [3.63, 3.8) is 0 Å². The molecule has 0 aliphatic carbocycles. The Kier molecular flexibility index (Phi) is 2.83. The van der Waals surface area contributed by atoms with Gasteiger partial charge in [-0.15, -0.1) is 0 Å². The molecule has 21 heavy (non-hydrogen) atoms. The van der Waals surface area contributed by atoms with Gasteiger partial charge >= 0.3 is 7.12 Å². The number of carbonyl (C=O) groups is 1. The summed E-state index contributed by atoms with van der Waals surface area (Å²) in [4.78, 5) is 14.5. The van der Waals surface area contributed by atoms with Crippen LogP contribution in [0.25, 0.3) is 0 Å². The molecule has 106 valence electrons. The zero-order chi connectivity index (χ0) is 14.4. The highest BCUT2D eigenvalue weighted by Gasteiger charge is 2.29. The smallest absolute Gasteiger partial charge is 0.423 e. The fourth-order valence-corrected chi connectivity index (χ4v) is 2.95. The van der Waals surface area contributed by atoms with E-state index < -0.39 is 7.12 Å². The van der Waals surface area contributed by atoms with E-state index in [1.54, 1.807) is 23.2 Å². The van der Waals surface area contributed by atoms with Crippen LogP contribution >= 0.6 is 0 Å². The average molecular weight is 283 g/mol. The first-order valence-electron chi connectivity index (χ1n) is 7.00. The fraction of sp³-hybridized carbons (Fsp3) is 0.286. The Morgan fingerprint density at radius 2 is 2.24 bits per heavy atom. The summed E-state index contributed by atoms with van der Waals surface area (Å²) in [6.45, 7) is 1.88. The van der Waals surface area contributed by atoms with E-state index in [4.69, 9.17) is 4.65 Å². The Labute approximate surface area is 122 Å². The van der Waals surface area contributed by atoms with Crippen LogP contribution in [-0.2, 0) is 17.8 Å². The maximum Gasteiger partial charge on any atom is 0.491 e. The normalized spacial score (nSPS) is 16.8. The van der Waals surface area contributed by atoms with Gasteiger partial charge in [0, 0.05) is 24.7 Å². The van der Waals surface area contributed by atoms with E-state index in [-0.39, 0.29) is 5.91 Å². The van der Waals surface area contributed by atoms with Crippen LogP contribution in [0, 0.1) is 0 Å². The molecule has 1 aromatic carbocycles. The standard InChI is InChI=1S/C14H14BN3O3/c19-14(17-6-1-7-18-13(17)4-5-16-18)10-2-3-12-11(8-10)9-21-15(12)20/h2-5,8,20H,1,6-7,9H2. The summed E-state index contributed by atoms with van der Waals surface area (Å²) in [5.74, 6) is 0.795. The van der Waals surface area contributed by atoms with Gasteiger partial charge in [0.05, 0.1) is 12.8 Å². The van der Waals surface area contributed by atoms with Gasteiger partial charge in [-0.2, -0.15) is 5.10 Å². The van der Waals surface area contributed by atoms with Crippen molar-refractivity contribution in [3.05, 3.63) is 41.6 Å². The minimum atomic E-state index is -0.874. The molecule has 1 aromatic heterocycles. The Hall–Kier alpha value is -2.12. The van der Waals surface area contributed by atoms with Crippen molar-refractivity contribution in [1.29, 1.82) is 0 Å². The molecule has 0 saturated carbocycles. The molecule has 3 heterocycles. The molecule has 4 rings (SSSR count). The topological polar surface area (TPSA) is 67.6 Å². The first kappa shape index (κ1) is 12.6. The van der Waals surface area contributed by atoms with Gasteiger partial charge in [-0.3, -0.25) is 9.69 Å². The lowest BCUT2D eigenvalue weighted by Gasteiger charge is -2.27. The highest BCUT2D eigenvalue weighted by atomic mass is 16.5. The van der Waals surface area contributed by atoms with Gasteiger partial charge in [0.15, 0.2) is 0 Å². The molecule has 1 N–H and O–H groups in total. The molecule has 0 unspecified atom stereocenters. The monoisotopic (exact) mass is 283 g/mol. The molecule has 0 atom stereocenters. The molecule has 0 fully saturated rings. The van der Waals surface area contributed by atoms with Crippen LogP contribution in [0.3, 0.4) is 0 Å². The van der Waals surface area contributed by atoms with Crippen molar-refractivity contribution >= 4 is 24.3 Å². The Balaban J connectivity index is 1.68. The predicted octanol–water partition coefficient (Wildman–Crippen LogP) is 0.151. The van der Waals surface area contributed by atoms with Crippen molar-refractivity contribution in [2.24, 2.45) is 0 Å². The van der Waals surface area contributed by atoms with Gasteiger partial charge in [-0.1, -0.05) is 6.07 Å². The lowest BCUT2D eigenvalue weighted by molar-refractivity contribution is 0.0981. The lowest BCUT2D eigenvalue weighted by Crippen LogP contribution is -2.38. The highest BCUT2D eigenvalue weighted by molar-refractivity contribution is 6.61. The summed E-state index contributed by atoms with van der Waals surface area (Å²) in [7, 11) is -0.874. The molecule has 0 bridgehead atoms. The van der Waals surface area contributed by atoms with Crippen molar-refractivity contribution in [3.8, 4) is 0 Å². The largest absolute Gasteiger partial charge is 0.491 e. The maximum absolute atomic E-state index is 12.7. The van der Waals surface area contributed by atoms with Crippen molar-refractivity contribution in [2.75, 3.05) is 11.4 Å². The van der Waals surface area contributed by atoms with Gasteiger partial charge in [-0.25, -0.2) is 4.68 Å². The van der Waals surface area contributed by atoms with Crippen LogP contribution in [0.1, 0.15) is 22.3 Å². The molecule has 0 spiro atoms. The van der Waals surface area contributed by atoms with Crippen LogP contribution < -0.4 is 10.4 Å². The Morgan fingerprint density at radius 1 is 1.33 bits per heavy atom. The summed E-state index contributed by atoms with van der Waals surface area (Å²) < 4.78 is 7.01. The van der Waals surface area contributed by atoms with Crippen LogP contribution in [0.2, 0.25) is 0 Å². The maximum atomic E-state index is 12.7. The van der Waals surface area contributed by atoms with Gasteiger partial charge in [0.1, 0.15) is 5.82 Å². The summed E-state index contributed by atoms with van der Waals surface area (Å²) in [6, 6.07) is 7.18. The van der Waals surface area contributed by atoms with Crippen LogP contribution in [0.15, 0.2) is 30.5 Å². The van der Waals surface area contributed by atoms with Crippen LogP contribution in [0.4, 0.5) is 5.82 Å². The van der Waals surface area contributed by atoms with Crippen molar-refractivity contribution < 1.29 is 14.5 Å². The second-order valence-electron chi connectivity index (χ2n) is 5.30. The lowest BCUT2D eigenvalue weighted by atomic mass is 9.79. The second-order valence-corrected chi connectivity index (χ2v) is 5.30. The number of anilines is 1. The molecular formula is C14H14BN3O3. The molecule has 2 aliphatic heterocycles. The summed E-state index contributed by atoms with van der Waals surface area (Å²) in [5.41, 5.74) is 2.23. The van der Waals surface area contributed by atoms with Crippen molar-refractivity contribution in [2.45, 2.75) is 19.6 Å². The quantitative estimate of drug-likeness (QED) is 0.757. The molecule has 7 heteroatoms. The minimum absolute atomic E-state index is 0.0411. The van der Waals surface area contributed by atoms with E-state index in [0.29, 0.717) is 18.7 Å². The molecule has 2 aliphatic rings. The number of aromatic nitrogens is 2. The van der Waals surface area contributed by atoms with Gasteiger partial charge in [0.25, 0.3) is 5.91 Å². The Bertz CT molecular complexity index is 715. The summed E-state index contributed by atoms with van der Waals surface area (Å²) in [6.07, 6.45) is 2.61. The van der Waals surface area contributed by atoms with Crippen molar-refractivity contribution in [1.82, 2.24) is 9.78 Å². The number of carbonyl (C=O) groups excluding carboxylic acids is 1. The number of hydrogen-bond acceptors (Lipinski definition) is 4. The SMILES string of the molecule is O=C(c1ccc2c(c1)COB2O)N1CCCn2nccc21. The highest BCUT2D eigenvalue weighted by Crippen LogP contribution is 2.22. The molecule has 6 nitrogen and oxygen atoms in total. The van der Waals surface area contributed by atoms with E-state index in [1.807, 2.05) is 16.8 Å². The fourth-order valence-electron chi connectivity index (χ4n) is 2.95. The average Bonchev–Trinajstić information content (AvgIpc) is 3.13. The van der Waals surface area contributed by atoms with E-state index in [0.717, 1.165) is 29.8 Å². The number of amides is 1. The van der Waals surface area contributed by atoms with Gasteiger partial charge in [-0.05, 0) is 29.6 Å². The zero-order valence-corrected chi connectivity index (χ0v) is 11.4. The number of benzene rings is 1. The number of fused-ring (bicyclic) bond motifs is 2. The third kappa shape index (κ3) is 1.97. The first-order chi connectivity index (χ1) is 10.2. The van der Waals surface area contributed by atoms with Crippen LogP contribution in [-0.4, -0.2) is 34.4 Å². The predicted molar refractivity (Wildman–Crippen MR) is 77.4 cm³/mol.